The number of benzene rings is 1. The number of halogens is 1. The van der Waals surface area contributed by atoms with Gasteiger partial charge < -0.3 is 20.3 Å². The topological polar surface area (TPSA) is 66.0 Å². The van der Waals surface area contributed by atoms with Crippen molar-refractivity contribution in [3.63, 3.8) is 0 Å². The van der Waals surface area contributed by atoms with Gasteiger partial charge in [-0.15, -0.1) is 24.0 Å². The Morgan fingerprint density at radius 2 is 2.00 bits per heavy atom. The van der Waals surface area contributed by atoms with Crippen molar-refractivity contribution in [3.05, 3.63) is 35.4 Å². The van der Waals surface area contributed by atoms with Crippen LogP contribution in [0.15, 0.2) is 29.3 Å². The molecule has 1 aromatic rings. The van der Waals surface area contributed by atoms with Gasteiger partial charge in [0.1, 0.15) is 0 Å². The van der Waals surface area contributed by atoms with E-state index >= 15 is 0 Å². The van der Waals surface area contributed by atoms with Crippen molar-refractivity contribution in [1.82, 2.24) is 15.5 Å². The molecule has 6 nitrogen and oxygen atoms in total. The van der Waals surface area contributed by atoms with Gasteiger partial charge >= 0.3 is 0 Å². The first kappa shape index (κ1) is 24.7. The number of nitrogens with one attached hydrogen (secondary N) is 2. The lowest BCUT2D eigenvalue weighted by atomic mass is 10.1. The SMILES string of the molecule is CCCOCc1ccccc1CN=C(NCC)NC1CCN(C(=O)CC)C1.I. The van der Waals surface area contributed by atoms with E-state index in [-0.39, 0.29) is 35.9 Å². The molecule has 1 aliphatic heterocycles. The molecule has 1 fully saturated rings. The van der Waals surface area contributed by atoms with Crippen molar-refractivity contribution >= 4 is 35.8 Å². The van der Waals surface area contributed by atoms with Crippen molar-refractivity contribution in [3.8, 4) is 0 Å². The number of likely N-dealkylation sites (tertiary alicyclic amines) is 1. The summed E-state index contributed by atoms with van der Waals surface area (Å²) in [7, 11) is 0. The quantitative estimate of drug-likeness (QED) is 0.236. The van der Waals surface area contributed by atoms with E-state index in [0.29, 0.717) is 19.6 Å². The van der Waals surface area contributed by atoms with Gasteiger partial charge in [-0.2, -0.15) is 0 Å². The molecule has 1 saturated heterocycles. The fourth-order valence-electron chi connectivity index (χ4n) is 3.18. The lowest BCUT2D eigenvalue weighted by Crippen LogP contribution is -2.45. The van der Waals surface area contributed by atoms with Crippen molar-refractivity contribution in [2.45, 2.75) is 59.2 Å². The first-order valence-electron chi connectivity index (χ1n) is 10.1. The standard InChI is InChI=1S/C21H34N4O2.HI/c1-4-13-27-16-18-10-8-7-9-17(18)14-23-21(22-6-3)24-19-11-12-25(15-19)20(26)5-2;/h7-10,19H,4-6,11-16H2,1-3H3,(H2,22,23,24);1H. The Balaban J connectivity index is 0.00000392. The Morgan fingerprint density at radius 3 is 2.68 bits per heavy atom. The number of hydrogen-bond donors (Lipinski definition) is 2. The number of guanidine groups is 1. The van der Waals surface area contributed by atoms with Gasteiger partial charge in [-0.1, -0.05) is 38.1 Å². The van der Waals surface area contributed by atoms with Gasteiger partial charge in [0, 0.05) is 38.7 Å². The summed E-state index contributed by atoms with van der Waals surface area (Å²) < 4.78 is 5.70. The van der Waals surface area contributed by atoms with Crippen LogP contribution in [0, 0.1) is 0 Å². The van der Waals surface area contributed by atoms with E-state index in [0.717, 1.165) is 45.0 Å². The molecule has 1 amide bonds. The Kier molecular flexibility index (Phi) is 12.1. The fraction of sp³-hybridized carbons (Fsp3) is 0.619. The van der Waals surface area contributed by atoms with Crippen molar-refractivity contribution in [2.75, 3.05) is 26.2 Å². The molecule has 1 heterocycles. The zero-order chi connectivity index (χ0) is 19.5. The Hall–Kier alpha value is -1.35. The Bertz CT molecular complexity index is 624. The molecule has 1 atom stereocenters. The third-order valence-corrected chi connectivity index (χ3v) is 4.66. The fourth-order valence-corrected chi connectivity index (χ4v) is 3.18. The number of carbonyl (C=O) groups excluding carboxylic acids is 1. The molecule has 2 N–H and O–H groups in total. The first-order valence-corrected chi connectivity index (χ1v) is 10.1. The van der Waals surface area contributed by atoms with Crippen LogP contribution in [0.5, 0.6) is 0 Å². The second-order valence-electron chi connectivity index (χ2n) is 6.84. The predicted molar refractivity (Wildman–Crippen MR) is 125 cm³/mol. The third-order valence-electron chi connectivity index (χ3n) is 4.66. The van der Waals surface area contributed by atoms with E-state index < -0.39 is 0 Å². The highest BCUT2D eigenvalue weighted by Gasteiger charge is 2.25. The average molecular weight is 502 g/mol. The molecule has 1 aliphatic rings. The van der Waals surface area contributed by atoms with Crippen molar-refractivity contribution in [1.29, 1.82) is 0 Å². The number of nitrogens with zero attached hydrogens (tertiary/aromatic N) is 2. The molecule has 1 aromatic carbocycles. The van der Waals surface area contributed by atoms with E-state index in [2.05, 4.69) is 36.6 Å². The van der Waals surface area contributed by atoms with Crippen LogP contribution in [0.4, 0.5) is 0 Å². The maximum absolute atomic E-state index is 11.9. The maximum atomic E-state index is 11.9. The van der Waals surface area contributed by atoms with Crippen LogP contribution < -0.4 is 10.6 Å². The molecule has 0 spiro atoms. The number of hydrogen-bond acceptors (Lipinski definition) is 3. The number of aliphatic imine (C=N–C) groups is 1. The zero-order valence-corrected chi connectivity index (χ0v) is 19.7. The molecule has 1 unspecified atom stereocenters. The molecular weight excluding hydrogens is 467 g/mol. The molecule has 158 valence electrons. The van der Waals surface area contributed by atoms with E-state index in [4.69, 9.17) is 9.73 Å². The monoisotopic (exact) mass is 502 g/mol. The van der Waals surface area contributed by atoms with Gasteiger partial charge in [0.15, 0.2) is 5.96 Å². The summed E-state index contributed by atoms with van der Waals surface area (Å²) in [6, 6.07) is 8.54. The Labute approximate surface area is 186 Å². The molecular formula is C21H35IN4O2. The van der Waals surface area contributed by atoms with Crippen LogP contribution in [-0.2, 0) is 22.7 Å². The largest absolute Gasteiger partial charge is 0.377 e. The van der Waals surface area contributed by atoms with Gasteiger partial charge in [-0.25, -0.2) is 4.99 Å². The molecule has 28 heavy (non-hydrogen) atoms. The van der Waals surface area contributed by atoms with Crippen LogP contribution >= 0.6 is 24.0 Å². The summed E-state index contributed by atoms with van der Waals surface area (Å²) in [6.07, 6.45) is 2.54. The Morgan fingerprint density at radius 1 is 1.25 bits per heavy atom. The molecule has 0 bridgehead atoms. The minimum Gasteiger partial charge on any atom is -0.377 e. The summed E-state index contributed by atoms with van der Waals surface area (Å²) in [6.45, 7) is 10.5. The minimum absolute atomic E-state index is 0. The van der Waals surface area contributed by atoms with Gasteiger partial charge in [0.25, 0.3) is 0 Å². The van der Waals surface area contributed by atoms with Crippen LogP contribution in [-0.4, -0.2) is 49.0 Å². The summed E-state index contributed by atoms with van der Waals surface area (Å²) in [5.74, 6) is 1.03. The van der Waals surface area contributed by atoms with E-state index in [1.54, 1.807) is 0 Å². The highest BCUT2D eigenvalue weighted by Crippen LogP contribution is 2.13. The normalized spacial score (nSPS) is 16.6. The molecule has 0 radical (unpaired) electrons. The minimum atomic E-state index is 0. The maximum Gasteiger partial charge on any atom is 0.222 e. The summed E-state index contributed by atoms with van der Waals surface area (Å²) in [5.41, 5.74) is 2.37. The predicted octanol–water partition coefficient (Wildman–Crippen LogP) is 3.30. The number of rotatable bonds is 9. The number of amides is 1. The van der Waals surface area contributed by atoms with Crippen molar-refractivity contribution in [2.24, 2.45) is 4.99 Å². The second kappa shape index (κ2) is 13.8. The van der Waals surface area contributed by atoms with E-state index in [1.807, 2.05) is 24.0 Å². The number of ether oxygens (including phenoxy) is 1. The van der Waals surface area contributed by atoms with Gasteiger partial charge in [-0.05, 0) is 30.9 Å². The van der Waals surface area contributed by atoms with E-state index in [9.17, 15) is 4.79 Å². The summed E-state index contributed by atoms with van der Waals surface area (Å²) in [4.78, 5) is 18.6. The molecule has 0 saturated carbocycles. The van der Waals surface area contributed by atoms with Gasteiger partial charge in [0.2, 0.25) is 5.91 Å². The zero-order valence-electron chi connectivity index (χ0n) is 17.4. The average Bonchev–Trinajstić information content (AvgIpc) is 3.15. The molecule has 2 rings (SSSR count). The second-order valence-corrected chi connectivity index (χ2v) is 6.84. The molecule has 0 aromatic heterocycles. The first-order chi connectivity index (χ1) is 13.2. The highest BCUT2D eigenvalue weighted by molar-refractivity contribution is 14.0. The smallest absolute Gasteiger partial charge is 0.222 e. The van der Waals surface area contributed by atoms with Crippen LogP contribution in [0.3, 0.4) is 0 Å². The van der Waals surface area contributed by atoms with Crippen LogP contribution in [0.1, 0.15) is 51.2 Å². The van der Waals surface area contributed by atoms with E-state index in [1.165, 1.54) is 11.1 Å². The third kappa shape index (κ3) is 7.95. The summed E-state index contributed by atoms with van der Waals surface area (Å²) in [5, 5.41) is 6.80. The number of carbonyl (C=O) groups is 1. The summed E-state index contributed by atoms with van der Waals surface area (Å²) >= 11 is 0. The van der Waals surface area contributed by atoms with Gasteiger partial charge in [0.05, 0.1) is 13.2 Å². The van der Waals surface area contributed by atoms with Crippen molar-refractivity contribution < 1.29 is 9.53 Å². The molecule has 0 aliphatic carbocycles. The highest BCUT2D eigenvalue weighted by atomic mass is 127. The lowest BCUT2D eigenvalue weighted by Gasteiger charge is -2.19. The van der Waals surface area contributed by atoms with Gasteiger partial charge in [-0.3, -0.25) is 4.79 Å². The lowest BCUT2D eigenvalue weighted by molar-refractivity contribution is -0.129. The molecule has 7 heteroatoms. The van der Waals surface area contributed by atoms with Crippen LogP contribution in [0.25, 0.3) is 0 Å². The van der Waals surface area contributed by atoms with Crippen LogP contribution in [0.2, 0.25) is 0 Å².